The number of hydrogen-bond donors (Lipinski definition) is 2. The number of nitrogens with zero attached hydrogens (tertiary/aromatic N) is 4. The lowest BCUT2D eigenvalue weighted by Gasteiger charge is -2.23. The highest BCUT2D eigenvalue weighted by Crippen LogP contribution is 2.32. The molecule has 4 rings (SSSR count). The van der Waals surface area contributed by atoms with E-state index in [9.17, 15) is 0 Å². The van der Waals surface area contributed by atoms with Gasteiger partial charge in [-0.25, -0.2) is 4.98 Å². The minimum atomic E-state index is 0.0865. The van der Waals surface area contributed by atoms with Gasteiger partial charge in [0.15, 0.2) is 5.76 Å². The first-order chi connectivity index (χ1) is 13.0. The monoisotopic (exact) mass is 384 g/mol. The van der Waals surface area contributed by atoms with E-state index in [1.165, 1.54) is 7.11 Å². The van der Waals surface area contributed by atoms with Crippen molar-refractivity contribution in [3.8, 4) is 17.1 Å². The van der Waals surface area contributed by atoms with Crippen molar-refractivity contribution >= 4 is 23.3 Å². The summed E-state index contributed by atoms with van der Waals surface area (Å²) < 4.78 is 12.4. The quantitative estimate of drug-likeness (QED) is 0.532. The molecule has 0 spiro atoms. The maximum atomic E-state index is 8.67. The Labute approximate surface area is 160 Å². The van der Waals surface area contributed by atoms with E-state index in [-0.39, 0.29) is 24.8 Å². The Bertz CT molecular complexity index is 1050. The van der Waals surface area contributed by atoms with Crippen molar-refractivity contribution in [3.63, 3.8) is 0 Å². The third-order valence-electron chi connectivity index (χ3n) is 4.39. The molecule has 2 N–H and O–H groups in total. The van der Waals surface area contributed by atoms with Crippen molar-refractivity contribution in [2.24, 2.45) is 0 Å². The summed E-state index contributed by atoms with van der Waals surface area (Å²) in [6.07, 6.45) is 1.69. The van der Waals surface area contributed by atoms with Gasteiger partial charge in [0, 0.05) is 23.8 Å². The van der Waals surface area contributed by atoms with E-state index in [1.54, 1.807) is 23.4 Å². The summed E-state index contributed by atoms with van der Waals surface area (Å²) in [6, 6.07) is 7.15. The third kappa shape index (κ3) is 2.92. The standard InChI is InChI=1S/C18H17ClN6O2/c1-10-5-15(27-23-10)17-14-7-24(16(20)8-26-2)18(21)12-6-11(19)3-4-13(12)25(14)9-22-17/h3-6,9,20-21H,7-8H2,1-2H3. The molecule has 8 nitrogen and oxygen atoms in total. The van der Waals surface area contributed by atoms with Gasteiger partial charge in [-0.2, -0.15) is 0 Å². The predicted molar refractivity (Wildman–Crippen MR) is 101 cm³/mol. The molecule has 0 unspecified atom stereocenters. The summed E-state index contributed by atoms with van der Waals surface area (Å²) in [6.45, 7) is 2.20. The van der Waals surface area contributed by atoms with E-state index in [4.69, 9.17) is 31.7 Å². The summed E-state index contributed by atoms with van der Waals surface area (Å²) in [5.74, 6) is 0.893. The van der Waals surface area contributed by atoms with Gasteiger partial charge in [-0.1, -0.05) is 16.8 Å². The first-order valence-corrected chi connectivity index (χ1v) is 8.60. The van der Waals surface area contributed by atoms with E-state index >= 15 is 0 Å². The van der Waals surface area contributed by atoms with Crippen molar-refractivity contribution < 1.29 is 9.26 Å². The van der Waals surface area contributed by atoms with Crippen LogP contribution in [0.2, 0.25) is 5.02 Å². The molecule has 0 aliphatic carbocycles. The molecule has 1 aliphatic heterocycles. The maximum absolute atomic E-state index is 8.67. The van der Waals surface area contributed by atoms with Crippen LogP contribution in [0.15, 0.2) is 35.1 Å². The van der Waals surface area contributed by atoms with Crippen LogP contribution in [0.1, 0.15) is 17.0 Å². The molecule has 0 atom stereocenters. The molecule has 1 aromatic carbocycles. The lowest BCUT2D eigenvalue weighted by atomic mass is 10.1. The van der Waals surface area contributed by atoms with Crippen LogP contribution < -0.4 is 0 Å². The lowest BCUT2D eigenvalue weighted by Crippen LogP contribution is -2.37. The molecule has 1 aliphatic rings. The molecule has 0 fully saturated rings. The molecule has 3 heterocycles. The van der Waals surface area contributed by atoms with Gasteiger partial charge in [-0.15, -0.1) is 0 Å². The molecule has 0 radical (unpaired) electrons. The first kappa shape index (κ1) is 17.4. The van der Waals surface area contributed by atoms with Gasteiger partial charge in [-0.3, -0.25) is 15.4 Å². The fourth-order valence-electron chi connectivity index (χ4n) is 3.14. The van der Waals surface area contributed by atoms with E-state index in [2.05, 4.69) is 10.1 Å². The van der Waals surface area contributed by atoms with Crippen LogP contribution in [0.5, 0.6) is 0 Å². The fraction of sp³-hybridized carbons (Fsp3) is 0.222. The highest BCUT2D eigenvalue weighted by Gasteiger charge is 2.29. The lowest BCUT2D eigenvalue weighted by molar-refractivity contribution is 0.236. The Morgan fingerprint density at radius 3 is 2.89 bits per heavy atom. The minimum Gasteiger partial charge on any atom is -0.377 e. The number of halogens is 1. The minimum absolute atomic E-state index is 0.0865. The summed E-state index contributed by atoms with van der Waals surface area (Å²) in [5, 5.41) is 21.5. The Hall–Kier alpha value is -2.97. The number of amidine groups is 2. The zero-order valence-electron chi connectivity index (χ0n) is 14.8. The van der Waals surface area contributed by atoms with Gasteiger partial charge in [0.25, 0.3) is 0 Å². The summed E-state index contributed by atoms with van der Waals surface area (Å²) in [4.78, 5) is 6.08. The summed E-state index contributed by atoms with van der Waals surface area (Å²) >= 11 is 6.17. The SMILES string of the molecule is COCC(=N)N1Cc2c(-c3cc(C)no3)ncn2-c2ccc(Cl)cc2C1=N. The van der Waals surface area contributed by atoms with Crippen molar-refractivity contribution in [1.82, 2.24) is 19.6 Å². The number of aromatic nitrogens is 3. The van der Waals surface area contributed by atoms with Gasteiger partial charge < -0.3 is 14.2 Å². The number of fused-ring (bicyclic) bond motifs is 3. The summed E-state index contributed by atoms with van der Waals surface area (Å²) in [5.41, 5.74) is 3.55. The zero-order valence-corrected chi connectivity index (χ0v) is 15.5. The molecule has 27 heavy (non-hydrogen) atoms. The smallest absolute Gasteiger partial charge is 0.187 e. The molecule has 0 saturated heterocycles. The molecule has 0 amide bonds. The van der Waals surface area contributed by atoms with E-state index in [1.807, 2.05) is 23.6 Å². The topological polar surface area (TPSA) is 104 Å². The molecular weight excluding hydrogens is 368 g/mol. The fourth-order valence-corrected chi connectivity index (χ4v) is 3.31. The number of nitrogens with one attached hydrogen (secondary N) is 2. The van der Waals surface area contributed by atoms with Gasteiger partial charge >= 0.3 is 0 Å². The number of ether oxygens (including phenoxy) is 1. The van der Waals surface area contributed by atoms with E-state index in [0.717, 1.165) is 17.1 Å². The number of aryl methyl sites for hydroxylation is 1. The zero-order chi connectivity index (χ0) is 19.1. The number of methoxy groups -OCH3 is 1. The predicted octanol–water partition coefficient (Wildman–Crippen LogP) is 3.25. The van der Waals surface area contributed by atoms with Gasteiger partial charge in [0.1, 0.15) is 30.3 Å². The first-order valence-electron chi connectivity index (χ1n) is 8.22. The Kier molecular flexibility index (Phi) is 4.29. The van der Waals surface area contributed by atoms with Gasteiger partial charge in [0.2, 0.25) is 0 Å². The largest absolute Gasteiger partial charge is 0.377 e. The normalized spacial score (nSPS) is 13.3. The number of imidazole rings is 1. The van der Waals surface area contributed by atoms with Crippen LogP contribution in [-0.2, 0) is 11.3 Å². The van der Waals surface area contributed by atoms with Gasteiger partial charge in [0.05, 0.1) is 23.6 Å². The molecular formula is C18H17ClN6O2. The highest BCUT2D eigenvalue weighted by molar-refractivity contribution is 6.31. The van der Waals surface area contributed by atoms with Crippen molar-refractivity contribution in [3.05, 3.63) is 52.6 Å². The second kappa shape index (κ2) is 6.64. The van der Waals surface area contributed by atoms with Crippen molar-refractivity contribution in [2.75, 3.05) is 13.7 Å². The number of rotatable bonds is 3. The molecule has 9 heteroatoms. The number of hydrogen-bond acceptors (Lipinski definition) is 6. The van der Waals surface area contributed by atoms with Crippen LogP contribution in [-0.4, -0.2) is 45.0 Å². The molecule has 3 aromatic rings. The Morgan fingerprint density at radius 2 is 2.19 bits per heavy atom. The van der Waals surface area contributed by atoms with Crippen LogP contribution >= 0.6 is 11.6 Å². The van der Waals surface area contributed by atoms with Crippen LogP contribution in [0.25, 0.3) is 17.1 Å². The second-order valence-electron chi connectivity index (χ2n) is 6.22. The molecule has 0 saturated carbocycles. The van der Waals surface area contributed by atoms with Crippen LogP contribution in [0.4, 0.5) is 0 Å². The highest BCUT2D eigenvalue weighted by atomic mass is 35.5. The van der Waals surface area contributed by atoms with Crippen molar-refractivity contribution in [1.29, 1.82) is 10.8 Å². The van der Waals surface area contributed by atoms with Crippen LogP contribution in [0, 0.1) is 17.7 Å². The van der Waals surface area contributed by atoms with Crippen LogP contribution in [0.3, 0.4) is 0 Å². The van der Waals surface area contributed by atoms with E-state index < -0.39 is 0 Å². The van der Waals surface area contributed by atoms with E-state index in [0.29, 0.717) is 22.0 Å². The molecule has 2 aromatic heterocycles. The average molecular weight is 385 g/mol. The average Bonchev–Trinajstić information content (AvgIpc) is 3.22. The Morgan fingerprint density at radius 1 is 1.37 bits per heavy atom. The second-order valence-corrected chi connectivity index (χ2v) is 6.65. The molecule has 138 valence electrons. The maximum Gasteiger partial charge on any atom is 0.187 e. The number of benzene rings is 1. The van der Waals surface area contributed by atoms with Gasteiger partial charge in [-0.05, 0) is 25.1 Å². The Balaban J connectivity index is 1.93. The van der Waals surface area contributed by atoms with Crippen molar-refractivity contribution in [2.45, 2.75) is 13.5 Å². The third-order valence-corrected chi connectivity index (χ3v) is 4.62. The summed E-state index contributed by atoms with van der Waals surface area (Å²) in [7, 11) is 1.52. The molecule has 0 bridgehead atoms.